The van der Waals surface area contributed by atoms with E-state index in [4.69, 9.17) is 0 Å². The Morgan fingerprint density at radius 3 is 2.06 bits per heavy atom. The molecule has 4 saturated carbocycles. The first-order valence-electron chi connectivity index (χ1n) is 14.8. The van der Waals surface area contributed by atoms with Crippen LogP contribution in [-0.2, 0) is 0 Å². The van der Waals surface area contributed by atoms with Gasteiger partial charge in [0.1, 0.15) is 0 Å². The molecule has 0 N–H and O–H groups in total. The first kappa shape index (κ1) is 24.6. The number of unbranched alkanes of at least 4 members (excludes halogenated alkanes) is 1. The predicted octanol–water partition coefficient (Wildman–Crippen LogP) is 9.86. The SMILES string of the molecule is CCCCC1CCC([Si](C)(C)[Si](C)(C)C2CCC3C(C4CCCCC4C)CCCC32)C1. The maximum atomic E-state index is 2.92. The number of hydrogen-bond donors (Lipinski definition) is 0. The minimum atomic E-state index is -1.19. The molecule has 4 rings (SSSR count). The van der Waals surface area contributed by atoms with Gasteiger partial charge in [0.25, 0.3) is 0 Å². The maximum Gasteiger partial charge on any atom is 0.0448 e. The molecule has 0 aliphatic heterocycles. The summed E-state index contributed by atoms with van der Waals surface area (Å²) in [6.45, 7) is 16.6. The Morgan fingerprint density at radius 1 is 0.645 bits per heavy atom. The van der Waals surface area contributed by atoms with Crippen LogP contribution >= 0.6 is 0 Å². The fourth-order valence-corrected chi connectivity index (χ4v) is 23.8. The second-order valence-electron chi connectivity index (χ2n) is 14.0. The van der Waals surface area contributed by atoms with E-state index in [0.29, 0.717) is 0 Å². The highest BCUT2D eigenvalue weighted by Crippen LogP contribution is 2.61. The first-order chi connectivity index (χ1) is 14.8. The van der Waals surface area contributed by atoms with Crippen molar-refractivity contribution in [3.05, 3.63) is 0 Å². The van der Waals surface area contributed by atoms with Gasteiger partial charge in [-0.3, -0.25) is 0 Å². The average Bonchev–Trinajstić information content (AvgIpc) is 3.40. The zero-order chi connectivity index (χ0) is 22.2. The quantitative estimate of drug-likeness (QED) is 0.331. The van der Waals surface area contributed by atoms with Crippen LogP contribution in [0.15, 0.2) is 0 Å². The van der Waals surface area contributed by atoms with E-state index in [9.17, 15) is 0 Å². The van der Waals surface area contributed by atoms with Crippen LogP contribution in [0.3, 0.4) is 0 Å². The first-order valence-corrected chi connectivity index (χ1v) is 21.9. The molecular weight excluding hydrogens is 404 g/mol. The summed E-state index contributed by atoms with van der Waals surface area (Å²) < 4.78 is 0. The topological polar surface area (TPSA) is 0 Å². The summed E-state index contributed by atoms with van der Waals surface area (Å²) in [5.74, 6) is 6.57. The molecule has 2 heteroatoms. The number of hydrogen-bond acceptors (Lipinski definition) is 0. The summed E-state index contributed by atoms with van der Waals surface area (Å²) in [4.78, 5) is 0. The third kappa shape index (κ3) is 4.69. The zero-order valence-electron chi connectivity index (χ0n) is 22.2. The molecule has 4 fully saturated rings. The Balaban J connectivity index is 1.46. The monoisotopic (exact) mass is 460 g/mol. The van der Waals surface area contributed by atoms with Gasteiger partial charge in [-0.05, 0) is 65.9 Å². The molecule has 0 saturated heterocycles. The summed E-state index contributed by atoms with van der Waals surface area (Å²) >= 11 is 0. The van der Waals surface area contributed by atoms with Crippen molar-refractivity contribution in [1.29, 1.82) is 0 Å². The van der Waals surface area contributed by atoms with E-state index >= 15 is 0 Å². The van der Waals surface area contributed by atoms with Crippen molar-refractivity contribution in [3.63, 3.8) is 0 Å². The minimum absolute atomic E-state index is 1.02. The lowest BCUT2D eigenvalue weighted by molar-refractivity contribution is 0.0669. The van der Waals surface area contributed by atoms with Gasteiger partial charge in [0, 0.05) is 15.2 Å². The predicted molar refractivity (Wildman–Crippen MR) is 144 cm³/mol. The maximum absolute atomic E-state index is 2.92. The summed E-state index contributed by atoms with van der Waals surface area (Å²) in [5, 5.41) is 0. The second kappa shape index (κ2) is 9.97. The fraction of sp³-hybridized carbons (Fsp3) is 1.00. The van der Waals surface area contributed by atoms with Crippen LogP contribution in [0.25, 0.3) is 0 Å². The summed E-state index contributed by atoms with van der Waals surface area (Å²) in [5.41, 5.74) is 2.34. The molecule has 8 unspecified atom stereocenters. The van der Waals surface area contributed by atoms with Crippen LogP contribution in [0.1, 0.15) is 110 Å². The van der Waals surface area contributed by atoms with Crippen LogP contribution in [0.2, 0.25) is 37.3 Å². The van der Waals surface area contributed by atoms with Crippen LogP contribution < -0.4 is 0 Å². The lowest BCUT2D eigenvalue weighted by Crippen LogP contribution is -2.61. The van der Waals surface area contributed by atoms with Gasteiger partial charge in [-0.2, -0.15) is 0 Å². The highest BCUT2D eigenvalue weighted by molar-refractivity contribution is 7.41. The zero-order valence-corrected chi connectivity index (χ0v) is 24.2. The standard InChI is InChI=1S/C29H56Si2/c1-7-8-13-23-17-18-24(21-23)30(3,4)31(5,6)29-20-19-27-26(15-11-16-28(27)29)25-14-10-9-12-22(25)2/h22-29H,7-21H2,1-6H3. The highest BCUT2D eigenvalue weighted by Gasteiger charge is 2.57. The van der Waals surface area contributed by atoms with Gasteiger partial charge in [-0.15, -0.1) is 0 Å². The lowest BCUT2D eigenvalue weighted by Gasteiger charge is -2.51. The van der Waals surface area contributed by atoms with Crippen LogP contribution in [0.5, 0.6) is 0 Å². The van der Waals surface area contributed by atoms with Gasteiger partial charge in [-0.1, -0.05) is 117 Å². The van der Waals surface area contributed by atoms with E-state index in [0.717, 1.165) is 41.0 Å². The third-order valence-electron chi connectivity index (χ3n) is 12.3. The Morgan fingerprint density at radius 2 is 1.32 bits per heavy atom. The average molecular weight is 461 g/mol. The molecule has 4 aliphatic carbocycles. The molecule has 0 spiro atoms. The van der Waals surface area contributed by atoms with E-state index in [-0.39, 0.29) is 0 Å². The molecule has 8 atom stereocenters. The molecule has 0 aromatic rings. The molecule has 4 aliphatic rings. The Bertz CT molecular complexity index is 581. The smallest absolute Gasteiger partial charge is 0.0448 e. The van der Waals surface area contributed by atoms with Gasteiger partial charge < -0.3 is 0 Å². The molecule has 0 aromatic heterocycles. The van der Waals surface area contributed by atoms with Gasteiger partial charge in [0.05, 0.1) is 0 Å². The number of rotatable bonds is 7. The normalized spacial score (nSPS) is 42.0. The van der Waals surface area contributed by atoms with Crippen molar-refractivity contribution >= 4 is 15.2 Å². The molecule has 0 amide bonds. The molecule has 0 radical (unpaired) electrons. The molecule has 0 bridgehead atoms. The van der Waals surface area contributed by atoms with Crippen molar-refractivity contribution < 1.29 is 0 Å². The van der Waals surface area contributed by atoms with Gasteiger partial charge in [0.15, 0.2) is 0 Å². The highest BCUT2D eigenvalue weighted by atomic mass is 29.3. The van der Waals surface area contributed by atoms with Crippen molar-refractivity contribution in [1.82, 2.24) is 0 Å². The third-order valence-corrected chi connectivity index (χ3v) is 33.1. The Hall–Kier alpha value is 0.434. The molecule has 0 aromatic carbocycles. The Kier molecular flexibility index (Phi) is 7.89. The van der Waals surface area contributed by atoms with Gasteiger partial charge in [0.2, 0.25) is 0 Å². The van der Waals surface area contributed by atoms with Gasteiger partial charge >= 0.3 is 0 Å². The molecule has 180 valence electrons. The molecule has 0 heterocycles. The van der Waals surface area contributed by atoms with E-state index in [1.54, 1.807) is 57.8 Å². The molecular formula is C29H56Si2. The van der Waals surface area contributed by atoms with Crippen molar-refractivity contribution in [2.75, 3.05) is 0 Å². The summed E-state index contributed by atoms with van der Waals surface area (Å²) in [7, 11) is -2.35. The van der Waals surface area contributed by atoms with E-state index in [1.165, 1.54) is 44.1 Å². The van der Waals surface area contributed by atoms with Crippen LogP contribution in [0, 0.1) is 35.5 Å². The summed E-state index contributed by atoms with van der Waals surface area (Å²) in [6.07, 6.45) is 23.4. The molecule has 31 heavy (non-hydrogen) atoms. The number of fused-ring (bicyclic) bond motifs is 1. The van der Waals surface area contributed by atoms with E-state index < -0.39 is 15.2 Å². The van der Waals surface area contributed by atoms with Crippen molar-refractivity contribution in [3.8, 4) is 0 Å². The van der Waals surface area contributed by atoms with E-state index in [1.807, 2.05) is 0 Å². The van der Waals surface area contributed by atoms with Gasteiger partial charge in [-0.25, -0.2) is 0 Å². The summed E-state index contributed by atoms with van der Waals surface area (Å²) in [6, 6.07) is 0. The minimum Gasteiger partial charge on any atom is -0.0711 e. The van der Waals surface area contributed by atoms with Crippen LogP contribution in [0.4, 0.5) is 0 Å². The van der Waals surface area contributed by atoms with Crippen molar-refractivity contribution in [2.45, 2.75) is 147 Å². The largest absolute Gasteiger partial charge is 0.0711 e. The van der Waals surface area contributed by atoms with E-state index in [2.05, 4.69) is 40.0 Å². The Labute approximate surface area is 197 Å². The lowest BCUT2D eigenvalue weighted by atomic mass is 9.62. The van der Waals surface area contributed by atoms with Crippen molar-refractivity contribution in [2.24, 2.45) is 35.5 Å². The van der Waals surface area contributed by atoms with Crippen LogP contribution in [-0.4, -0.2) is 15.2 Å². The molecule has 0 nitrogen and oxygen atoms in total. The second-order valence-corrected chi connectivity index (χ2v) is 30.2. The fourth-order valence-electron chi connectivity index (χ4n) is 9.75.